The molecule has 2 aromatic rings. The summed E-state index contributed by atoms with van der Waals surface area (Å²) in [4.78, 5) is 11.6. The molecule has 0 radical (unpaired) electrons. The normalized spacial score (nSPS) is 12.0. The first-order valence-electron chi connectivity index (χ1n) is 6.67. The van der Waals surface area contributed by atoms with Gasteiger partial charge in [0.25, 0.3) is 0 Å². The molecule has 0 aliphatic rings. The standard InChI is InChI=1S/C16H10F6O3/c1-24-14(23)12-7-3-6-11(13(12)15(17,18)19)9-4-2-5-10(8-9)25-16(20,21)22/h2-8H,1H3. The Morgan fingerprint density at radius 2 is 1.60 bits per heavy atom. The number of ether oxygens (including phenoxy) is 2. The monoisotopic (exact) mass is 364 g/mol. The van der Waals surface area contributed by atoms with Crippen LogP contribution in [0.5, 0.6) is 5.75 Å². The van der Waals surface area contributed by atoms with E-state index >= 15 is 0 Å². The molecule has 0 amide bonds. The van der Waals surface area contributed by atoms with Crippen LogP contribution in [-0.4, -0.2) is 19.4 Å². The molecule has 0 saturated heterocycles. The number of benzene rings is 2. The van der Waals surface area contributed by atoms with E-state index in [-0.39, 0.29) is 5.56 Å². The van der Waals surface area contributed by atoms with Gasteiger partial charge in [-0.3, -0.25) is 0 Å². The van der Waals surface area contributed by atoms with E-state index in [2.05, 4.69) is 9.47 Å². The lowest BCUT2D eigenvalue weighted by Crippen LogP contribution is -2.17. The van der Waals surface area contributed by atoms with Crippen molar-refractivity contribution in [2.24, 2.45) is 0 Å². The van der Waals surface area contributed by atoms with Gasteiger partial charge in [-0.25, -0.2) is 4.79 Å². The van der Waals surface area contributed by atoms with Gasteiger partial charge in [0.1, 0.15) is 5.75 Å². The smallest absolute Gasteiger partial charge is 0.465 e. The van der Waals surface area contributed by atoms with Gasteiger partial charge in [-0.15, -0.1) is 13.2 Å². The molecule has 0 heterocycles. The third-order valence-corrected chi connectivity index (χ3v) is 3.13. The number of rotatable bonds is 3. The fraction of sp³-hybridized carbons (Fsp3) is 0.188. The molecule has 0 aliphatic heterocycles. The minimum absolute atomic E-state index is 0.195. The zero-order chi connectivity index (χ0) is 18.8. The highest BCUT2D eigenvalue weighted by Crippen LogP contribution is 2.40. The molecule has 0 bridgehead atoms. The van der Waals surface area contributed by atoms with E-state index in [1.165, 1.54) is 12.1 Å². The summed E-state index contributed by atoms with van der Waals surface area (Å²) in [6.07, 6.45) is -9.92. The van der Waals surface area contributed by atoms with Gasteiger partial charge in [0.05, 0.1) is 18.2 Å². The van der Waals surface area contributed by atoms with E-state index in [0.717, 1.165) is 37.4 Å². The zero-order valence-electron chi connectivity index (χ0n) is 12.5. The van der Waals surface area contributed by atoms with Crippen LogP contribution in [0.15, 0.2) is 42.5 Å². The van der Waals surface area contributed by atoms with Gasteiger partial charge in [-0.05, 0) is 29.3 Å². The lowest BCUT2D eigenvalue weighted by atomic mass is 9.94. The van der Waals surface area contributed by atoms with Crippen LogP contribution >= 0.6 is 0 Å². The molecule has 3 nitrogen and oxygen atoms in total. The summed E-state index contributed by atoms with van der Waals surface area (Å²) in [6.45, 7) is 0. The summed E-state index contributed by atoms with van der Waals surface area (Å²) in [5.74, 6) is -1.89. The quantitative estimate of drug-likeness (QED) is 0.564. The topological polar surface area (TPSA) is 35.5 Å². The molecule has 0 aliphatic carbocycles. The van der Waals surface area contributed by atoms with Gasteiger partial charge in [-0.2, -0.15) is 13.2 Å². The fourth-order valence-corrected chi connectivity index (χ4v) is 2.24. The van der Waals surface area contributed by atoms with Crippen molar-refractivity contribution in [3.8, 4) is 16.9 Å². The van der Waals surface area contributed by atoms with Crippen LogP contribution in [0.25, 0.3) is 11.1 Å². The first-order chi connectivity index (χ1) is 11.5. The zero-order valence-corrected chi connectivity index (χ0v) is 12.5. The van der Waals surface area contributed by atoms with Crippen molar-refractivity contribution in [2.75, 3.05) is 7.11 Å². The lowest BCUT2D eigenvalue weighted by Gasteiger charge is -2.17. The summed E-state index contributed by atoms with van der Waals surface area (Å²) in [7, 11) is 0.924. The Labute approximate surface area is 137 Å². The van der Waals surface area contributed by atoms with Crippen molar-refractivity contribution >= 4 is 5.97 Å². The van der Waals surface area contributed by atoms with Crippen molar-refractivity contribution in [2.45, 2.75) is 12.5 Å². The van der Waals surface area contributed by atoms with E-state index in [0.29, 0.717) is 0 Å². The number of hydrogen-bond acceptors (Lipinski definition) is 3. The van der Waals surface area contributed by atoms with E-state index in [9.17, 15) is 31.1 Å². The second kappa shape index (κ2) is 6.66. The van der Waals surface area contributed by atoms with Crippen LogP contribution in [0.1, 0.15) is 15.9 Å². The molecule has 2 aromatic carbocycles. The van der Waals surface area contributed by atoms with Crippen molar-refractivity contribution in [1.82, 2.24) is 0 Å². The fourth-order valence-electron chi connectivity index (χ4n) is 2.24. The largest absolute Gasteiger partial charge is 0.573 e. The SMILES string of the molecule is COC(=O)c1cccc(-c2cccc(OC(F)(F)F)c2)c1C(F)(F)F. The third-order valence-electron chi connectivity index (χ3n) is 3.13. The highest BCUT2D eigenvalue weighted by atomic mass is 19.4. The molecule has 0 N–H and O–H groups in total. The third kappa shape index (κ3) is 4.43. The molecular weight excluding hydrogens is 354 g/mol. The number of halogens is 6. The van der Waals surface area contributed by atoms with Gasteiger partial charge < -0.3 is 9.47 Å². The Bertz CT molecular complexity index is 780. The predicted octanol–water partition coefficient (Wildman–Crippen LogP) is 5.06. The van der Waals surface area contributed by atoms with Crippen molar-refractivity contribution in [1.29, 1.82) is 0 Å². The first kappa shape index (κ1) is 18.6. The Morgan fingerprint density at radius 1 is 0.960 bits per heavy atom. The Kier molecular flexibility index (Phi) is 4.96. The first-order valence-corrected chi connectivity index (χ1v) is 6.67. The van der Waals surface area contributed by atoms with E-state index < -0.39 is 40.9 Å². The van der Waals surface area contributed by atoms with Crippen molar-refractivity contribution < 1.29 is 40.6 Å². The maximum atomic E-state index is 13.4. The summed E-state index contributed by atoms with van der Waals surface area (Å²) in [6, 6.07) is 7.19. The van der Waals surface area contributed by atoms with Gasteiger partial charge in [-0.1, -0.05) is 24.3 Å². The average Bonchev–Trinajstić information content (AvgIpc) is 2.51. The number of methoxy groups -OCH3 is 1. The molecule has 0 unspecified atom stereocenters. The minimum atomic E-state index is -4.99. The lowest BCUT2D eigenvalue weighted by molar-refractivity contribution is -0.274. The number of carbonyl (C=O) groups is 1. The van der Waals surface area contributed by atoms with Crippen LogP contribution in [0.4, 0.5) is 26.3 Å². The predicted molar refractivity (Wildman–Crippen MR) is 74.9 cm³/mol. The van der Waals surface area contributed by atoms with Crippen molar-refractivity contribution in [3.63, 3.8) is 0 Å². The number of alkyl halides is 6. The molecule has 134 valence electrons. The molecule has 0 saturated carbocycles. The highest BCUT2D eigenvalue weighted by Gasteiger charge is 2.38. The second-order valence-corrected chi connectivity index (χ2v) is 4.79. The molecule has 9 heteroatoms. The van der Waals surface area contributed by atoms with Crippen LogP contribution in [0.3, 0.4) is 0 Å². The Hall–Kier alpha value is -2.71. The molecule has 0 spiro atoms. The van der Waals surface area contributed by atoms with Gasteiger partial charge >= 0.3 is 18.5 Å². The molecule has 0 fully saturated rings. The van der Waals surface area contributed by atoms with E-state index in [1.807, 2.05) is 0 Å². The summed E-state index contributed by atoms with van der Waals surface area (Å²) >= 11 is 0. The number of hydrogen-bond donors (Lipinski definition) is 0. The summed E-state index contributed by atoms with van der Waals surface area (Å²) in [5.41, 5.74) is -2.71. The van der Waals surface area contributed by atoms with Crippen LogP contribution in [-0.2, 0) is 10.9 Å². The second-order valence-electron chi connectivity index (χ2n) is 4.79. The summed E-state index contributed by atoms with van der Waals surface area (Å²) in [5, 5.41) is 0. The maximum absolute atomic E-state index is 13.4. The number of carbonyl (C=O) groups excluding carboxylic acids is 1. The van der Waals surface area contributed by atoms with Crippen LogP contribution in [0.2, 0.25) is 0 Å². The highest BCUT2D eigenvalue weighted by molar-refractivity contribution is 5.94. The van der Waals surface area contributed by atoms with Gasteiger partial charge in [0.15, 0.2) is 0 Å². The van der Waals surface area contributed by atoms with E-state index in [4.69, 9.17) is 0 Å². The van der Waals surface area contributed by atoms with Crippen molar-refractivity contribution in [3.05, 3.63) is 53.6 Å². The molecule has 0 atom stereocenters. The Morgan fingerprint density at radius 3 is 2.16 bits per heavy atom. The molecule has 2 rings (SSSR count). The number of esters is 1. The Balaban J connectivity index is 2.64. The van der Waals surface area contributed by atoms with Crippen LogP contribution in [0, 0.1) is 0 Å². The average molecular weight is 364 g/mol. The van der Waals surface area contributed by atoms with Gasteiger partial charge in [0.2, 0.25) is 0 Å². The maximum Gasteiger partial charge on any atom is 0.573 e. The van der Waals surface area contributed by atoms with Crippen LogP contribution < -0.4 is 4.74 Å². The van der Waals surface area contributed by atoms with Gasteiger partial charge in [0, 0.05) is 0 Å². The molecular formula is C16H10F6O3. The molecule has 0 aromatic heterocycles. The van der Waals surface area contributed by atoms with E-state index in [1.54, 1.807) is 0 Å². The molecule has 25 heavy (non-hydrogen) atoms. The minimum Gasteiger partial charge on any atom is -0.465 e. The summed E-state index contributed by atoms with van der Waals surface area (Å²) < 4.78 is 85.3.